The maximum Gasteiger partial charge on any atom is 0.234 e. The van der Waals surface area contributed by atoms with Crippen LogP contribution in [0.1, 0.15) is 56.1 Å². The molecule has 0 saturated heterocycles. The summed E-state index contributed by atoms with van der Waals surface area (Å²) in [6.45, 7) is 9.32. The summed E-state index contributed by atoms with van der Waals surface area (Å²) in [5.74, 6) is 1.32. The molecule has 0 aliphatic heterocycles. The van der Waals surface area contributed by atoms with Crippen LogP contribution < -0.4 is 10.2 Å². The minimum Gasteiger partial charge on any atom is -0.331 e. The summed E-state index contributed by atoms with van der Waals surface area (Å²) in [7, 11) is 4.30. The number of anilines is 1. The van der Waals surface area contributed by atoms with E-state index in [0.29, 0.717) is 11.8 Å². The van der Waals surface area contributed by atoms with Crippen molar-refractivity contribution in [2.45, 2.75) is 64.7 Å². The predicted octanol–water partition coefficient (Wildman–Crippen LogP) is 3.02. The fourth-order valence-corrected chi connectivity index (χ4v) is 4.08. The van der Waals surface area contributed by atoms with Crippen molar-refractivity contribution in [1.29, 1.82) is 0 Å². The van der Waals surface area contributed by atoms with Gasteiger partial charge in [-0.3, -0.25) is 4.79 Å². The third-order valence-corrected chi connectivity index (χ3v) is 5.85. The highest BCUT2D eigenvalue weighted by molar-refractivity contribution is 7.99. The van der Waals surface area contributed by atoms with Crippen molar-refractivity contribution in [2.24, 2.45) is 0 Å². The van der Waals surface area contributed by atoms with E-state index < -0.39 is 0 Å². The van der Waals surface area contributed by atoms with E-state index in [1.165, 1.54) is 22.2 Å². The molecule has 0 unspecified atom stereocenters. The Morgan fingerprint density at radius 2 is 2.00 bits per heavy atom. The van der Waals surface area contributed by atoms with Crippen molar-refractivity contribution in [3.8, 4) is 0 Å². The number of quaternary nitrogens is 1. The number of thioether (sulfide) groups is 1. The Bertz CT molecular complexity index is 787. The van der Waals surface area contributed by atoms with Crippen LogP contribution in [0, 0.1) is 13.8 Å². The Morgan fingerprint density at radius 3 is 2.61 bits per heavy atom. The number of nitrogens with zero attached hydrogens (tertiary/aromatic N) is 3. The maximum atomic E-state index is 12.5. The lowest BCUT2D eigenvalue weighted by atomic mass is 10.1. The van der Waals surface area contributed by atoms with E-state index in [9.17, 15) is 4.79 Å². The van der Waals surface area contributed by atoms with E-state index in [1.54, 1.807) is 0 Å². The molecule has 0 aliphatic rings. The number of unbranched alkanes of at least 4 members (excludes halogenated alkanes) is 1. The van der Waals surface area contributed by atoms with E-state index >= 15 is 0 Å². The van der Waals surface area contributed by atoms with Crippen LogP contribution in [0.25, 0.3) is 0 Å². The molecule has 28 heavy (non-hydrogen) atoms. The molecular formula is C21H34N5OS+. The van der Waals surface area contributed by atoms with Crippen molar-refractivity contribution < 1.29 is 9.69 Å². The summed E-state index contributed by atoms with van der Waals surface area (Å²) < 4.78 is 2.21. The first-order valence-corrected chi connectivity index (χ1v) is 11.1. The lowest BCUT2D eigenvalue weighted by Gasteiger charge is -2.20. The molecular weight excluding hydrogens is 370 g/mol. The summed E-state index contributed by atoms with van der Waals surface area (Å²) in [4.78, 5) is 13.8. The molecule has 1 aromatic heterocycles. The van der Waals surface area contributed by atoms with E-state index in [1.807, 2.05) is 26.0 Å². The van der Waals surface area contributed by atoms with Gasteiger partial charge in [-0.05, 0) is 31.9 Å². The lowest BCUT2D eigenvalue weighted by Crippen LogP contribution is -3.06. The molecule has 0 spiro atoms. The average molecular weight is 405 g/mol. The molecule has 2 aromatic rings. The largest absolute Gasteiger partial charge is 0.331 e. The zero-order chi connectivity index (χ0) is 20.7. The summed E-state index contributed by atoms with van der Waals surface area (Å²) in [6, 6.07) is 6.35. The monoisotopic (exact) mass is 404 g/mol. The van der Waals surface area contributed by atoms with Gasteiger partial charge in [-0.25, -0.2) is 0 Å². The van der Waals surface area contributed by atoms with Crippen LogP contribution in [0.5, 0.6) is 0 Å². The van der Waals surface area contributed by atoms with Gasteiger partial charge in [0.25, 0.3) is 0 Å². The van der Waals surface area contributed by atoms with Crippen LogP contribution in [0.4, 0.5) is 5.69 Å². The molecule has 0 saturated carbocycles. The van der Waals surface area contributed by atoms with Crippen molar-refractivity contribution in [2.75, 3.05) is 25.2 Å². The van der Waals surface area contributed by atoms with Gasteiger partial charge in [-0.15, -0.1) is 10.2 Å². The molecule has 0 radical (unpaired) electrons. The molecule has 154 valence electrons. The van der Waals surface area contributed by atoms with Gasteiger partial charge in [0.05, 0.1) is 19.8 Å². The van der Waals surface area contributed by atoms with E-state index in [4.69, 9.17) is 0 Å². The first-order chi connectivity index (χ1) is 13.4. The van der Waals surface area contributed by atoms with Gasteiger partial charge in [-0.1, -0.05) is 49.7 Å². The molecule has 1 heterocycles. The van der Waals surface area contributed by atoms with Crippen molar-refractivity contribution >= 4 is 23.4 Å². The Hall–Kier alpha value is -1.86. The summed E-state index contributed by atoms with van der Waals surface area (Å²) in [6.07, 6.45) is 3.19. The molecule has 0 bridgehead atoms. The van der Waals surface area contributed by atoms with Crippen LogP contribution in [0.2, 0.25) is 0 Å². The Balaban J connectivity index is 2.09. The first-order valence-electron chi connectivity index (χ1n) is 10.1. The summed E-state index contributed by atoms with van der Waals surface area (Å²) in [5.41, 5.74) is 3.13. The minimum atomic E-state index is -0.0196. The number of nitrogens with one attached hydrogen (secondary N) is 2. The van der Waals surface area contributed by atoms with Crippen molar-refractivity contribution in [3.05, 3.63) is 35.2 Å². The van der Waals surface area contributed by atoms with Crippen LogP contribution in [-0.4, -0.2) is 40.5 Å². The molecule has 2 N–H and O–H groups in total. The number of hydrogen-bond donors (Lipinski definition) is 2. The number of aryl methyl sites for hydroxylation is 2. The van der Waals surface area contributed by atoms with Gasteiger partial charge in [0.2, 0.25) is 5.91 Å². The molecule has 1 amide bonds. The maximum absolute atomic E-state index is 12.5. The Kier molecular flexibility index (Phi) is 8.51. The molecule has 1 aromatic carbocycles. The normalized spacial score (nSPS) is 12.4. The third-order valence-electron chi connectivity index (χ3n) is 4.89. The second kappa shape index (κ2) is 10.6. The highest BCUT2D eigenvalue weighted by Gasteiger charge is 2.25. The standard InChI is InChI=1S/C21H33N5OS/c1-7-9-12-26-20(18(8-2)25(5)6)23-24-21(26)28-14-19(27)22-17-11-10-15(3)13-16(17)4/h10-11,13,18H,7-9,12,14H2,1-6H3,(H,22,27)/p+1/t18-/m0/s1. The number of carbonyl (C=O) groups is 1. The molecule has 7 heteroatoms. The number of rotatable bonds is 10. The van der Waals surface area contributed by atoms with E-state index in [0.717, 1.165) is 48.0 Å². The van der Waals surface area contributed by atoms with Gasteiger partial charge >= 0.3 is 0 Å². The van der Waals surface area contributed by atoms with Gasteiger partial charge < -0.3 is 14.8 Å². The van der Waals surface area contributed by atoms with Gasteiger partial charge in [0.1, 0.15) is 6.04 Å². The molecule has 2 rings (SSSR count). The fourth-order valence-electron chi connectivity index (χ4n) is 3.31. The van der Waals surface area contributed by atoms with E-state index in [-0.39, 0.29) is 5.91 Å². The van der Waals surface area contributed by atoms with Gasteiger partial charge in [-0.2, -0.15) is 0 Å². The molecule has 6 nitrogen and oxygen atoms in total. The highest BCUT2D eigenvalue weighted by Crippen LogP contribution is 2.22. The van der Waals surface area contributed by atoms with Gasteiger partial charge in [0.15, 0.2) is 11.0 Å². The number of aromatic nitrogens is 3. The van der Waals surface area contributed by atoms with Crippen molar-refractivity contribution in [3.63, 3.8) is 0 Å². The number of amides is 1. The number of benzene rings is 1. The SMILES string of the molecule is CCCCn1c(SCC(=O)Nc2ccc(C)cc2C)nnc1[C@H](CC)[NH+](C)C. The van der Waals surface area contributed by atoms with Crippen LogP contribution in [0.15, 0.2) is 23.4 Å². The second-order valence-electron chi connectivity index (χ2n) is 7.54. The quantitative estimate of drug-likeness (QED) is 0.598. The highest BCUT2D eigenvalue weighted by atomic mass is 32.2. The smallest absolute Gasteiger partial charge is 0.234 e. The van der Waals surface area contributed by atoms with Crippen LogP contribution in [0.3, 0.4) is 0 Å². The second-order valence-corrected chi connectivity index (χ2v) is 8.48. The molecule has 0 fully saturated rings. The Morgan fingerprint density at radius 1 is 1.25 bits per heavy atom. The van der Waals surface area contributed by atoms with Crippen molar-refractivity contribution in [1.82, 2.24) is 14.8 Å². The summed E-state index contributed by atoms with van der Waals surface area (Å²) >= 11 is 1.46. The fraction of sp³-hybridized carbons (Fsp3) is 0.571. The average Bonchev–Trinajstić information content (AvgIpc) is 3.03. The number of hydrogen-bond acceptors (Lipinski definition) is 4. The first kappa shape index (κ1) is 22.4. The minimum absolute atomic E-state index is 0.0196. The van der Waals surface area contributed by atoms with Gasteiger partial charge in [0, 0.05) is 18.7 Å². The zero-order valence-electron chi connectivity index (χ0n) is 18.0. The summed E-state index contributed by atoms with van der Waals surface area (Å²) in [5, 5.41) is 12.7. The van der Waals surface area contributed by atoms with E-state index in [2.05, 4.69) is 54.1 Å². The number of carbonyl (C=O) groups excluding carboxylic acids is 1. The van der Waals surface area contributed by atoms with Crippen LogP contribution in [-0.2, 0) is 11.3 Å². The predicted molar refractivity (Wildman–Crippen MR) is 116 cm³/mol. The lowest BCUT2D eigenvalue weighted by molar-refractivity contribution is -0.893. The van der Waals surface area contributed by atoms with Crippen LogP contribution >= 0.6 is 11.8 Å². The topological polar surface area (TPSA) is 64.2 Å². The molecule has 1 atom stereocenters. The Labute approximate surface area is 173 Å². The molecule has 0 aliphatic carbocycles. The zero-order valence-corrected chi connectivity index (χ0v) is 18.8. The third kappa shape index (κ3) is 5.82.